The lowest BCUT2D eigenvalue weighted by Crippen LogP contribution is -2.28. The van der Waals surface area contributed by atoms with Crippen LogP contribution in [0.3, 0.4) is 0 Å². The monoisotopic (exact) mass is 357 g/mol. The van der Waals surface area contributed by atoms with Crippen molar-refractivity contribution < 1.29 is 19.6 Å². The third kappa shape index (κ3) is 5.20. The number of nitrogens with one attached hydrogen (secondary N) is 1. The Morgan fingerprint density at radius 3 is 2.38 bits per heavy atom. The summed E-state index contributed by atoms with van der Waals surface area (Å²) in [6, 6.07) is 10.9. The number of carbonyl (C=O) groups is 1. The minimum atomic E-state index is -0.588. The Morgan fingerprint density at radius 1 is 1.15 bits per heavy atom. The molecule has 2 aromatic rings. The second-order valence-electron chi connectivity index (χ2n) is 6.89. The van der Waals surface area contributed by atoms with Crippen molar-refractivity contribution in [3.8, 4) is 11.5 Å². The van der Waals surface area contributed by atoms with Gasteiger partial charge in [-0.15, -0.1) is 5.75 Å². The van der Waals surface area contributed by atoms with E-state index in [4.69, 9.17) is 4.74 Å². The number of ether oxygens (including phenoxy) is 1. The van der Waals surface area contributed by atoms with Crippen LogP contribution in [-0.2, 0) is 16.8 Å². The van der Waals surface area contributed by atoms with E-state index in [9.17, 15) is 20.0 Å². The van der Waals surface area contributed by atoms with E-state index in [2.05, 4.69) is 26.1 Å². The number of nitro benzene ring substituents is 1. The SMILES string of the molecule is CC(C)(C)c1ccc(OCC(=O)NCc2cc([N+](=O)[O-])ccc2[O-])cc1. The minimum Gasteiger partial charge on any atom is -0.872 e. The summed E-state index contributed by atoms with van der Waals surface area (Å²) in [7, 11) is 0. The quantitative estimate of drug-likeness (QED) is 0.632. The Balaban J connectivity index is 1.88. The first kappa shape index (κ1) is 19.2. The maximum absolute atomic E-state index is 11.9. The highest BCUT2D eigenvalue weighted by molar-refractivity contribution is 5.77. The summed E-state index contributed by atoms with van der Waals surface area (Å²) in [5, 5.41) is 25.0. The fraction of sp³-hybridized carbons (Fsp3) is 0.316. The number of benzene rings is 2. The smallest absolute Gasteiger partial charge is 0.269 e. The number of hydrogen-bond donors (Lipinski definition) is 1. The van der Waals surface area contributed by atoms with E-state index in [1.165, 1.54) is 0 Å². The fourth-order valence-corrected chi connectivity index (χ4v) is 2.26. The Morgan fingerprint density at radius 2 is 1.81 bits per heavy atom. The van der Waals surface area contributed by atoms with Gasteiger partial charge < -0.3 is 15.2 Å². The third-order valence-corrected chi connectivity index (χ3v) is 3.82. The molecule has 7 nitrogen and oxygen atoms in total. The number of rotatable bonds is 6. The maximum Gasteiger partial charge on any atom is 0.269 e. The standard InChI is InChI=1S/C19H22N2O5/c1-19(2,3)14-4-7-16(8-5-14)26-12-18(23)20-11-13-10-15(21(24)25)6-9-17(13)22/h4-10,22H,11-12H2,1-3H3,(H,20,23)/p-1. The zero-order valence-electron chi connectivity index (χ0n) is 14.9. The molecule has 26 heavy (non-hydrogen) atoms. The maximum atomic E-state index is 11.9. The zero-order chi connectivity index (χ0) is 19.3. The lowest BCUT2D eigenvalue weighted by atomic mass is 9.87. The summed E-state index contributed by atoms with van der Waals surface area (Å²) in [6.45, 7) is 6.02. The highest BCUT2D eigenvalue weighted by atomic mass is 16.6. The van der Waals surface area contributed by atoms with Gasteiger partial charge in [-0.3, -0.25) is 14.9 Å². The van der Waals surface area contributed by atoms with Gasteiger partial charge in [-0.25, -0.2) is 0 Å². The van der Waals surface area contributed by atoms with E-state index < -0.39 is 10.8 Å². The molecule has 0 atom stereocenters. The third-order valence-electron chi connectivity index (χ3n) is 3.82. The highest BCUT2D eigenvalue weighted by Gasteiger charge is 2.13. The number of carbonyl (C=O) groups excluding carboxylic acids is 1. The second-order valence-corrected chi connectivity index (χ2v) is 6.89. The molecule has 0 aromatic heterocycles. The largest absolute Gasteiger partial charge is 0.872 e. The molecule has 0 fully saturated rings. The first-order valence-corrected chi connectivity index (χ1v) is 8.11. The molecule has 0 aliphatic carbocycles. The average Bonchev–Trinajstić information content (AvgIpc) is 2.58. The van der Waals surface area contributed by atoms with E-state index >= 15 is 0 Å². The number of nitrogens with zero attached hydrogens (tertiary/aromatic N) is 1. The Bertz CT molecular complexity index is 795. The van der Waals surface area contributed by atoms with E-state index in [1.807, 2.05) is 12.1 Å². The molecule has 2 aromatic carbocycles. The van der Waals surface area contributed by atoms with Crippen molar-refractivity contribution in [1.82, 2.24) is 5.32 Å². The minimum absolute atomic E-state index is 0.0320. The van der Waals surface area contributed by atoms with Crippen molar-refractivity contribution in [1.29, 1.82) is 0 Å². The molecule has 138 valence electrons. The molecule has 0 saturated carbocycles. The number of amides is 1. The van der Waals surface area contributed by atoms with Crippen molar-refractivity contribution in [3.05, 3.63) is 63.7 Å². The van der Waals surface area contributed by atoms with E-state index in [1.54, 1.807) is 12.1 Å². The van der Waals surface area contributed by atoms with E-state index in [0.29, 0.717) is 5.75 Å². The molecule has 0 spiro atoms. The molecule has 7 heteroatoms. The zero-order valence-corrected chi connectivity index (χ0v) is 14.9. The normalized spacial score (nSPS) is 11.0. The summed E-state index contributed by atoms with van der Waals surface area (Å²) in [5.74, 6) is -0.224. The van der Waals surface area contributed by atoms with E-state index in [-0.39, 0.29) is 35.6 Å². The second kappa shape index (κ2) is 7.86. The van der Waals surface area contributed by atoms with Gasteiger partial charge in [-0.2, -0.15) is 0 Å². The van der Waals surface area contributed by atoms with Gasteiger partial charge in [0, 0.05) is 18.7 Å². The summed E-state index contributed by atoms with van der Waals surface area (Å²) in [5.41, 5.74) is 1.15. The summed E-state index contributed by atoms with van der Waals surface area (Å²) in [4.78, 5) is 22.0. The molecule has 0 saturated heterocycles. The van der Waals surface area contributed by atoms with Crippen molar-refractivity contribution >= 4 is 11.6 Å². The summed E-state index contributed by atoms with van der Waals surface area (Å²) < 4.78 is 5.42. The van der Waals surface area contributed by atoms with Crippen LogP contribution in [0.1, 0.15) is 31.9 Å². The molecule has 0 aliphatic rings. The summed E-state index contributed by atoms with van der Waals surface area (Å²) in [6.07, 6.45) is 0. The van der Waals surface area contributed by atoms with Gasteiger partial charge in [0.1, 0.15) is 5.75 Å². The van der Waals surface area contributed by atoms with Crippen LogP contribution in [0.25, 0.3) is 0 Å². The highest BCUT2D eigenvalue weighted by Crippen LogP contribution is 2.24. The van der Waals surface area contributed by atoms with Crippen LogP contribution in [0.2, 0.25) is 0 Å². The average molecular weight is 357 g/mol. The van der Waals surface area contributed by atoms with Gasteiger partial charge in [-0.1, -0.05) is 39.0 Å². The van der Waals surface area contributed by atoms with Crippen LogP contribution in [-0.4, -0.2) is 17.4 Å². The molecule has 0 unspecified atom stereocenters. The van der Waals surface area contributed by atoms with Crippen LogP contribution in [0, 0.1) is 10.1 Å². The molecule has 0 bridgehead atoms. The first-order valence-electron chi connectivity index (χ1n) is 8.11. The van der Waals surface area contributed by atoms with Crippen molar-refractivity contribution in [2.24, 2.45) is 0 Å². The lowest BCUT2D eigenvalue weighted by Gasteiger charge is -2.19. The lowest BCUT2D eigenvalue weighted by molar-refractivity contribution is -0.385. The van der Waals surface area contributed by atoms with Crippen LogP contribution in [0.4, 0.5) is 5.69 Å². The van der Waals surface area contributed by atoms with Crippen LogP contribution in [0.15, 0.2) is 42.5 Å². The Hall–Kier alpha value is -3.09. The molecule has 1 amide bonds. The number of nitro groups is 1. The Labute approximate surface area is 151 Å². The van der Waals surface area contributed by atoms with Gasteiger partial charge in [-0.05, 0) is 28.7 Å². The summed E-state index contributed by atoms with van der Waals surface area (Å²) >= 11 is 0. The van der Waals surface area contributed by atoms with Crippen LogP contribution < -0.4 is 15.2 Å². The molecule has 2 rings (SSSR count). The van der Waals surface area contributed by atoms with Crippen molar-refractivity contribution in [3.63, 3.8) is 0 Å². The van der Waals surface area contributed by atoms with Gasteiger partial charge in [0.2, 0.25) is 0 Å². The fourth-order valence-electron chi connectivity index (χ4n) is 2.26. The van der Waals surface area contributed by atoms with Crippen LogP contribution in [0.5, 0.6) is 11.5 Å². The van der Waals surface area contributed by atoms with E-state index in [0.717, 1.165) is 23.8 Å². The van der Waals surface area contributed by atoms with Crippen molar-refractivity contribution in [2.45, 2.75) is 32.7 Å². The predicted molar refractivity (Wildman–Crippen MR) is 95.0 cm³/mol. The van der Waals surface area contributed by atoms with Gasteiger partial charge in [0.05, 0.1) is 4.92 Å². The molecule has 0 radical (unpaired) electrons. The Kier molecular flexibility index (Phi) is 5.82. The number of non-ortho nitro benzene ring substituents is 1. The predicted octanol–water partition coefficient (Wildman–Crippen LogP) is 2.66. The van der Waals surface area contributed by atoms with Gasteiger partial charge >= 0.3 is 0 Å². The van der Waals surface area contributed by atoms with Gasteiger partial charge in [0.15, 0.2) is 6.61 Å². The van der Waals surface area contributed by atoms with Gasteiger partial charge in [0.25, 0.3) is 11.6 Å². The number of hydrogen-bond acceptors (Lipinski definition) is 5. The molecular weight excluding hydrogens is 336 g/mol. The topological polar surface area (TPSA) is 105 Å². The molecule has 0 aliphatic heterocycles. The van der Waals surface area contributed by atoms with Crippen molar-refractivity contribution in [2.75, 3.05) is 6.61 Å². The van der Waals surface area contributed by atoms with Crippen LogP contribution >= 0.6 is 0 Å². The molecule has 0 heterocycles. The molecule has 1 N–H and O–H groups in total. The molecular formula is C19H21N2O5-. The first-order chi connectivity index (χ1) is 12.2.